The maximum Gasteiger partial charge on any atom is 0.0572 e. The van der Waals surface area contributed by atoms with Crippen molar-refractivity contribution in [2.45, 2.75) is 13.5 Å². The summed E-state index contributed by atoms with van der Waals surface area (Å²) in [4.78, 5) is 4.75. The molecule has 1 N–H and O–H groups in total. The predicted octanol–water partition coefficient (Wildman–Crippen LogP) is 2.30. The van der Waals surface area contributed by atoms with Crippen LogP contribution < -0.4 is 5.48 Å². The van der Waals surface area contributed by atoms with Gasteiger partial charge >= 0.3 is 0 Å². The summed E-state index contributed by atoms with van der Waals surface area (Å²) in [7, 11) is 1.60. The molecule has 12 heavy (non-hydrogen) atoms. The van der Waals surface area contributed by atoms with Crippen LogP contribution in [0.3, 0.4) is 0 Å². The number of benzene rings is 1. The van der Waals surface area contributed by atoms with E-state index >= 15 is 0 Å². The molecule has 0 bridgehead atoms. The maximum atomic E-state index is 5.92. The Labute approximate surface area is 77.4 Å². The van der Waals surface area contributed by atoms with E-state index in [1.54, 1.807) is 7.11 Å². The van der Waals surface area contributed by atoms with Crippen LogP contribution in [0.1, 0.15) is 11.1 Å². The molecule has 1 aromatic carbocycles. The quantitative estimate of drug-likeness (QED) is 0.730. The van der Waals surface area contributed by atoms with Gasteiger partial charge in [0.25, 0.3) is 0 Å². The van der Waals surface area contributed by atoms with Gasteiger partial charge in [0.2, 0.25) is 0 Å². The molecular formula is C9H12ClNO. The molecule has 1 aromatic rings. The zero-order valence-corrected chi connectivity index (χ0v) is 7.98. The Morgan fingerprint density at radius 3 is 2.92 bits per heavy atom. The van der Waals surface area contributed by atoms with Gasteiger partial charge in [0, 0.05) is 11.6 Å². The van der Waals surface area contributed by atoms with Crippen molar-refractivity contribution in [1.29, 1.82) is 0 Å². The van der Waals surface area contributed by atoms with Crippen LogP contribution in [-0.2, 0) is 11.4 Å². The third-order valence-corrected chi connectivity index (χ3v) is 2.20. The van der Waals surface area contributed by atoms with Crippen LogP contribution in [0.4, 0.5) is 0 Å². The summed E-state index contributed by atoms with van der Waals surface area (Å²) in [5.41, 5.74) is 5.03. The van der Waals surface area contributed by atoms with Crippen LogP contribution in [0.5, 0.6) is 0 Å². The van der Waals surface area contributed by atoms with Gasteiger partial charge in [-0.25, -0.2) is 0 Å². The van der Waals surface area contributed by atoms with Crippen LogP contribution in [-0.4, -0.2) is 7.11 Å². The van der Waals surface area contributed by atoms with Gasteiger partial charge in [0.05, 0.1) is 7.11 Å². The number of hydrogen-bond donors (Lipinski definition) is 1. The van der Waals surface area contributed by atoms with Gasteiger partial charge in [-0.15, -0.1) is 0 Å². The first-order valence-electron chi connectivity index (χ1n) is 3.75. The molecule has 0 saturated carbocycles. The minimum Gasteiger partial charge on any atom is -0.305 e. The van der Waals surface area contributed by atoms with Crippen molar-refractivity contribution < 1.29 is 4.84 Å². The monoisotopic (exact) mass is 185 g/mol. The van der Waals surface area contributed by atoms with Crippen molar-refractivity contribution in [2.24, 2.45) is 0 Å². The van der Waals surface area contributed by atoms with E-state index in [2.05, 4.69) is 5.48 Å². The Hall–Kier alpha value is -0.570. The average Bonchev–Trinajstić information content (AvgIpc) is 2.08. The van der Waals surface area contributed by atoms with Gasteiger partial charge in [-0.05, 0) is 24.1 Å². The molecule has 2 nitrogen and oxygen atoms in total. The van der Waals surface area contributed by atoms with E-state index in [0.29, 0.717) is 6.54 Å². The van der Waals surface area contributed by atoms with Gasteiger partial charge < -0.3 is 4.84 Å². The first kappa shape index (κ1) is 9.52. The molecule has 0 aliphatic carbocycles. The lowest BCUT2D eigenvalue weighted by molar-refractivity contribution is 0.0866. The van der Waals surface area contributed by atoms with Crippen molar-refractivity contribution >= 4 is 11.6 Å². The fourth-order valence-electron chi connectivity index (χ4n) is 0.994. The fourth-order valence-corrected chi connectivity index (χ4v) is 1.19. The summed E-state index contributed by atoms with van der Waals surface area (Å²) >= 11 is 5.92. The molecule has 0 aromatic heterocycles. The average molecular weight is 186 g/mol. The molecule has 0 atom stereocenters. The summed E-state index contributed by atoms with van der Waals surface area (Å²) < 4.78 is 0. The lowest BCUT2D eigenvalue weighted by Crippen LogP contribution is -2.11. The van der Waals surface area contributed by atoms with Crippen LogP contribution in [0, 0.1) is 6.92 Å². The van der Waals surface area contributed by atoms with E-state index in [0.717, 1.165) is 16.1 Å². The maximum absolute atomic E-state index is 5.92. The number of nitrogens with one attached hydrogen (secondary N) is 1. The molecule has 1 rings (SSSR count). The van der Waals surface area contributed by atoms with E-state index in [9.17, 15) is 0 Å². The lowest BCUT2D eigenvalue weighted by atomic mass is 10.1. The molecular weight excluding hydrogens is 174 g/mol. The van der Waals surface area contributed by atoms with E-state index in [1.807, 2.05) is 25.1 Å². The molecule has 0 aliphatic heterocycles. The first-order chi connectivity index (χ1) is 5.75. The Balaban J connectivity index is 2.78. The summed E-state index contributed by atoms with van der Waals surface area (Å²) in [5.74, 6) is 0. The molecule has 0 amide bonds. The van der Waals surface area contributed by atoms with Gasteiger partial charge in [-0.3, -0.25) is 0 Å². The third-order valence-electron chi connectivity index (χ3n) is 1.79. The van der Waals surface area contributed by atoms with E-state index in [4.69, 9.17) is 16.4 Å². The Morgan fingerprint density at radius 1 is 1.50 bits per heavy atom. The Bertz CT molecular complexity index is 263. The molecule has 3 heteroatoms. The van der Waals surface area contributed by atoms with E-state index in [-0.39, 0.29) is 0 Å². The highest BCUT2D eigenvalue weighted by Gasteiger charge is 2.00. The third kappa shape index (κ3) is 2.21. The predicted molar refractivity (Wildman–Crippen MR) is 50.0 cm³/mol. The Kier molecular flexibility index (Phi) is 3.53. The second-order valence-electron chi connectivity index (χ2n) is 2.55. The highest BCUT2D eigenvalue weighted by Crippen LogP contribution is 2.18. The lowest BCUT2D eigenvalue weighted by Gasteiger charge is -2.06. The van der Waals surface area contributed by atoms with Crippen LogP contribution in [0.15, 0.2) is 18.2 Å². The molecule has 0 saturated heterocycles. The van der Waals surface area contributed by atoms with Crippen molar-refractivity contribution in [1.82, 2.24) is 5.48 Å². The molecule has 0 aliphatic rings. The van der Waals surface area contributed by atoms with Crippen LogP contribution in [0.25, 0.3) is 0 Å². The molecule has 0 unspecified atom stereocenters. The fraction of sp³-hybridized carbons (Fsp3) is 0.333. The molecule has 0 spiro atoms. The van der Waals surface area contributed by atoms with Crippen molar-refractivity contribution in [3.63, 3.8) is 0 Å². The van der Waals surface area contributed by atoms with Crippen LogP contribution >= 0.6 is 11.6 Å². The smallest absolute Gasteiger partial charge is 0.0572 e. The first-order valence-corrected chi connectivity index (χ1v) is 4.13. The second kappa shape index (κ2) is 4.45. The van der Waals surface area contributed by atoms with Crippen LogP contribution in [0.2, 0.25) is 5.02 Å². The highest BCUT2D eigenvalue weighted by atomic mass is 35.5. The molecule has 0 radical (unpaired) electrons. The number of hydrogen-bond acceptors (Lipinski definition) is 2. The van der Waals surface area contributed by atoms with E-state index in [1.165, 1.54) is 0 Å². The standard InChI is InChI=1S/C9H12ClNO/c1-7-8(6-11-12-2)4-3-5-9(7)10/h3-5,11H,6H2,1-2H3. The normalized spacial score (nSPS) is 10.2. The highest BCUT2D eigenvalue weighted by molar-refractivity contribution is 6.31. The van der Waals surface area contributed by atoms with Crippen molar-refractivity contribution in [3.05, 3.63) is 34.3 Å². The largest absolute Gasteiger partial charge is 0.305 e. The minimum absolute atomic E-state index is 0.683. The Morgan fingerprint density at radius 2 is 2.25 bits per heavy atom. The second-order valence-corrected chi connectivity index (χ2v) is 2.96. The summed E-state index contributed by atoms with van der Waals surface area (Å²) in [6.07, 6.45) is 0. The zero-order chi connectivity index (χ0) is 8.97. The molecule has 0 heterocycles. The van der Waals surface area contributed by atoms with Gasteiger partial charge in [-0.2, -0.15) is 5.48 Å². The number of rotatable bonds is 3. The summed E-state index contributed by atoms with van der Waals surface area (Å²) in [5, 5.41) is 0.797. The van der Waals surface area contributed by atoms with Gasteiger partial charge in [0.1, 0.15) is 0 Å². The number of halogens is 1. The van der Waals surface area contributed by atoms with Crippen molar-refractivity contribution in [3.8, 4) is 0 Å². The molecule has 66 valence electrons. The van der Waals surface area contributed by atoms with Crippen molar-refractivity contribution in [2.75, 3.05) is 7.11 Å². The minimum atomic E-state index is 0.683. The summed E-state index contributed by atoms with van der Waals surface area (Å²) in [6.45, 7) is 2.68. The summed E-state index contributed by atoms with van der Waals surface area (Å²) in [6, 6.07) is 5.84. The van der Waals surface area contributed by atoms with Gasteiger partial charge in [0.15, 0.2) is 0 Å². The topological polar surface area (TPSA) is 21.3 Å². The van der Waals surface area contributed by atoms with Gasteiger partial charge in [-0.1, -0.05) is 23.7 Å². The number of hydroxylamine groups is 1. The van der Waals surface area contributed by atoms with E-state index < -0.39 is 0 Å². The zero-order valence-electron chi connectivity index (χ0n) is 7.23. The molecule has 0 fully saturated rings. The SMILES string of the molecule is CONCc1cccc(Cl)c1C.